The molecule has 0 radical (unpaired) electrons. The van der Waals surface area contributed by atoms with Crippen LogP contribution >= 0.6 is 23.5 Å². The highest BCUT2D eigenvalue weighted by Crippen LogP contribution is 2.11. The average molecular weight is 354 g/mol. The molecule has 0 saturated heterocycles. The van der Waals surface area contributed by atoms with Gasteiger partial charge in [0.15, 0.2) is 11.6 Å². The molecule has 0 unspecified atom stereocenters. The summed E-state index contributed by atoms with van der Waals surface area (Å²) in [5.74, 6) is 1.80. The molecule has 2 rings (SSSR count). The minimum atomic E-state index is 0.0177. The molecule has 0 bridgehead atoms. The molecule has 0 aliphatic rings. The monoisotopic (exact) mass is 354 g/mol. The van der Waals surface area contributed by atoms with Crippen molar-refractivity contribution < 1.29 is 9.59 Å². The second-order valence-corrected chi connectivity index (χ2v) is 6.84. The second-order valence-electron chi connectivity index (χ2n) is 4.81. The van der Waals surface area contributed by atoms with E-state index in [1.54, 1.807) is 35.7 Å². The summed E-state index contributed by atoms with van der Waals surface area (Å²) in [7, 11) is 0. The Morgan fingerprint density at radius 1 is 0.667 bits per heavy atom. The first-order valence-corrected chi connectivity index (χ1v) is 9.62. The van der Waals surface area contributed by atoms with Gasteiger partial charge in [-0.1, -0.05) is 60.7 Å². The third-order valence-corrected chi connectivity index (χ3v) is 4.86. The Hall–Kier alpha value is -2.04. The van der Waals surface area contributed by atoms with Crippen molar-refractivity contribution >= 4 is 35.1 Å². The van der Waals surface area contributed by atoms with E-state index in [0.717, 1.165) is 11.5 Å². The van der Waals surface area contributed by atoms with Crippen LogP contribution < -0.4 is 0 Å². The fourth-order valence-corrected chi connectivity index (χ4v) is 3.33. The van der Waals surface area contributed by atoms with Gasteiger partial charge in [0, 0.05) is 22.6 Å². The summed E-state index contributed by atoms with van der Waals surface area (Å²) in [4.78, 5) is 23.7. The van der Waals surface area contributed by atoms with Crippen LogP contribution in [0.2, 0.25) is 0 Å². The van der Waals surface area contributed by atoms with Crippen LogP contribution in [0.3, 0.4) is 0 Å². The number of carbonyl (C=O) groups excluding carboxylic acids is 2. The van der Waals surface area contributed by atoms with Gasteiger partial charge >= 0.3 is 0 Å². The zero-order valence-electron chi connectivity index (χ0n) is 13.1. The maximum absolute atomic E-state index is 11.8. The van der Waals surface area contributed by atoms with Gasteiger partial charge in [0.1, 0.15) is 0 Å². The first-order valence-electron chi connectivity index (χ1n) is 7.52. The minimum Gasteiger partial charge on any atom is -0.289 e. The summed E-state index contributed by atoms with van der Waals surface area (Å²) < 4.78 is 0. The highest BCUT2D eigenvalue weighted by molar-refractivity contribution is 8.05. The first-order chi connectivity index (χ1) is 11.8. The maximum Gasteiger partial charge on any atom is 0.186 e. The van der Waals surface area contributed by atoms with Crippen LogP contribution in [-0.2, 0) is 0 Å². The quantitative estimate of drug-likeness (QED) is 0.350. The van der Waals surface area contributed by atoms with Gasteiger partial charge in [0.05, 0.1) is 0 Å². The lowest BCUT2D eigenvalue weighted by atomic mass is 10.1. The Morgan fingerprint density at radius 2 is 1.04 bits per heavy atom. The lowest BCUT2D eigenvalue weighted by Crippen LogP contribution is -1.92. The third kappa shape index (κ3) is 6.60. The smallest absolute Gasteiger partial charge is 0.186 e. The number of hydrogen-bond donors (Lipinski definition) is 0. The Labute approximate surface area is 151 Å². The molecule has 0 N–H and O–H groups in total. The van der Waals surface area contributed by atoms with E-state index in [4.69, 9.17) is 0 Å². The van der Waals surface area contributed by atoms with E-state index < -0.39 is 0 Å². The number of ketones is 2. The van der Waals surface area contributed by atoms with Crippen LogP contribution in [0.15, 0.2) is 83.6 Å². The van der Waals surface area contributed by atoms with Crippen molar-refractivity contribution in [2.45, 2.75) is 0 Å². The lowest BCUT2D eigenvalue weighted by Gasteiger charge is -1.96. The fourth-order valence-electron chi connectivity index (χ4n) is 1.85. The summed E-state index contributed by atoms with van der Waals surface area (Å²) in [5, 5.41) is 3.66. The van der Waals surface area contributed by atoms with Gasteiger partial charge in [0.2, 0.25) is 0 Å². The van der Waals surface area contributed by atoms with E-state index in [1.165, 1.54) is 0 Å². The van der Waals surface area contributed by atoms with Gasteiger partial charge in [-0.05, 0) is 23.0 Å². The zero-order valence-corrected chi connectivity index (χ0v) is 14.8. The molecule has 0 saturated carbocycles. The van der Waals surface area contributed by atoms with Crippen molar-refractivity contribution in [3.63, 3.8) is 0 Å². The molecule has 0 aliphatic carbocycles. The second kappa shape index (κ2) is 10.7. The normalized spacial score (nSPS) is 11.2. The molecular formula is C20H18O2S2. The molecular weight excluding hydrogens is 336 g/mol. The Morgan fingerprint density at radius 3 is 1.42 bits per heavy atom. The molecule has 0 amide bonds. The van der Waals surface area contributed by atoms with Crippen molar-refractivity contribution in [3.8, 4) is 0 Å². The summed E-state index contributed by atoms with van der Waals surface area (Å²) in [6, 6.07) is 18.4. The molecule has 0 atom stereocenters. The summed E-state index contributed by atoms with van der Waals surface area (Å²) in [6.07, 6.45) is 3.19. The van der Waals surface area contributed by atoms with Gasteiger partial charge in [0.25, 0.3) is 0 Å². The largest absolute Gasteiger partial charge is 0.289 e. The molecule has 0 heterocycles. The highest BCUT2D eigenvalue weighted by atomic mass is 32.2. The van der Waals surface area contributed by atoms with Gasteiger partial charge in [-0.2, -0.15) is 0 Å². The Bertz CT molecular complexity index is 643. The number of benzene rings is 2. The molecule has 4 heteroatoms. The molecule has 2 aromatic carbocycles. The molecule has 24 heavy (non-hydrogen) atoms. The number of rotatable bonds is 9. The molecule has 0 spiro atoms. The van der Waals surface area contributed by atoms with Gasteiger partial charge < -0.3 is 0 Å². The summed E-state index contributed by atoms with van der Waals surface area (Å²) in [6.45, 7) is 0. The third-order valence-electron chi connectivity index (χ3n) is 3.07. The van der Waals surface area contributed by atoms with Crippen molar-refractivity contribution in [2.75, 3.05) is 11.5 Å². The lowest BCUT2D eigenvalue weighted by molar-refractivity contribution is 0.103. The van der Waals surface area contributed by atoms with Crippen molar-refractivity contribution in [1.82, 2.24) is 0 Å². The van der Waals surface area contributed by atoms with E-state index in [9.17, 15) is 9.59 Å². The summed E-state index contributed by atoms with van der Waals surface area (Å²) in [5.41, 5.74) is 1.40. The predicted octanol–water partition coefficient (Wildman–Crippen LogP) is 5.25. The van der Waals surface area contributed by atoms with E-state index in [1.807, 2.05) is 71.5 Å². The molecule has 2 aromatic rings. The van der Waals surface area contributed by atoms with Crippen LogP contribution in [0.25, 0.3) is 0 Å². The highest BCUT2D eigenvalue weighted by Gasteiger charge is 1.99. The standard InChI is InChI=1S/C20H18O2S2/c21-19(17-7-3-1-4-8-17)11-13-23-15-16-24-14-12-20(22)18-9-5-2-6-10-18/h1-14H,15-16H2/b13-11+,14-12+. The average Bonchev–Trinajstić information content (AvgIpc) is 2.65. The van der Waals surface area contributed by atoms with Gasteiger partial charge in [-0.3, -0.25) is 9.59 Å². The van der Waals surface area contributed by atoms with Gasteiger partial charge in [-0.15, -0.1) is 23.5 Å². The van der Waals surface area contributed by atoms with E-state index >= 15 is 0 Å². The fraction of sp³-hybridized carbons (Fsp3) is 0.100. The van der Waals surface area contributed by atoms with Crippen molar-refractivity contribution in [2.24, 2.45) is 0 Å². The van der Waals surface area contributed by atoms with E-state index in [2.05, 4.69) is 0 Å². The first kappa shape index (κ1) is 18.3. The van der Waals surface area contributed by atoms with Crippen LogP contribution in [0.5, 0.6) is 0 Å². The minimum absolute atomic E-state index is 0.0177. The number of allylic oxidation sites excluding steroid dienone is 2. The SMILES string of the molecule is O=C(/C=C/SCCS/C=C/C(=O)c1ccccc1)c1ccccc1. The Kier molecular flexibility index (Phi) is 8.15. The predicted molar refractivity (Wildman–Crippen MR) is 105 cm³/mol. The Balaban J connectivity index is 1.61. The number of hydrogen-bond acceptors (Lipinski definition) is 4. The van der Waals surface area contributed by atoms with Crippen molar-refractivity contribution in [1.29, 1.82) is 0 Å². The topological polar surface area (TPSA) is 34.1 Å². The number of thioether (sulfide) groups is 2. The number of carbonyl (C=O) groups is 2. The molecule has 0 aliphatic heterocycles. The maximum atomic E-state index is 11.8. The molecule has 2 nitrogen and oxygen atoms in total. The van der Waals surface area contributed by atoms with Gasteiger partial charge in [-0.25, -0.2) is 0 Å². The van der Waals surface area contributed by atoms with Crippen molar-refractivity contribution in [3.05, 3.63) is 94.8 Å². The van der Waals surface area contributed by atoms with Crippen LogP contribution in [0.1, 0.15) is 20.7 Å². The van der Waals surface area contributed by atoms with E-state index in [0.29, 0.717) is 11.1 Å². The summed E-state index contributed by atoms with van der Waals surface area (Å²) >= 11 is 3.18. The molecule has 0 aromatic heterocycles. The zero-order chi connectivity index (χ0) is 17.0. The molecule has 0 fully saturated rings. The van der Waals surface area contributed by atoms with Crippen LogP contribution in [0.4, 0.5) is 0 Å². The van der Waals surface area contributed by atoms with E-state index in [-0.39, 0.29) is 11.6 Å². The molecule has 122 valence electrons. The van der Waals surface area contributed by atoms with Crippen LogP contribution in [0, 0.1) is 0 Å². The van der Waals surface area contributed by atoms with Crippen LogP contribution in [-0.4, -0.2) is 23.1 Å².